The first-order valence-electron chi connectivity index (χ1n) is 9.75. The van der Waals surface area contributed by atoms with Crippen LogP contribution < -0.4 is 5.32 Å². The Kier molecular flexibility index (Phi) is 6.73. The molecule has 2 aromatic carbocycles. The minimum Gasteiger partial charge on any atom is -0.325 e. The van der Waals surface area contributed by atoms with Crippen molar-refractivity contribution in [3.63, 3.8) is 0 Å². The fourth-order valence-electron chi connectivity index (χ4n) is 3.47. The molecule has 0 spiro atoms. The van der Waals surface area contributed by atoms with Gasteiger partial charge in [0.25, 0.3) is 0 Å². The van der Waals surface area contributed by atoms with Gasteiger partial charge in [0.1, 0.15) is 0 Å². The Balaban J connectivity index is 1.63. The van der Waals surface area contributed by atoms with Crippen LogP contribution >= 0.6 is 0 Å². The third-order valence-electron chi connectivity index (χ3n) is 5.39. The van der Waals surface area contributed by atoms with Gasteiger partial charge < -0.3 is 5.32 Å². The predicted octanol–water partition coefficient (Wildman–Crippen LogP) is 3.27. The zero-order valence-electron chi connectivity index (χ0n) is 17.2. The Hall–Kier alpha value is -2.43. The normalized spacial score (nSPS) is 16.3. The fraction of sp³-hybridized carbons (Fsp3) is 0.381. The lowest BCUT2D eigenvalue weighted by atomic mass is 10.1. The van der Waals surface area contributed by atoms with Gasteiger partial charge in [-0.25, -0.2) is 8.42 Å². The summed E-state index contributed by atoms with van der Waals surface area (Å²) >= 11 is 0. The quantitative estimate of drug-likeness (QED) is 0.752. The second kappa shape index (κ2) is 8.97. The van der Waals surface area contributed by atoms with Crippen LogP contribution in [0, 0.1) is 13.8 Å². The molecule has 1 saturated heterocycles. The van der Waals surface area contributed by atoms with Crippen molar-refractivity contribution in [1.29, 1.82) is 0 Å². The standard InChI is InChI=1S/C21H24F3N3O3S/c1-15-6-5-8-18(16(15)2)25-20(28)14-26-10-12-27(13-11-26)31(29,30)19-9-4-3-7-17(19)21(22,23)24/h3-9H,10-14H2,1-2H3,(H,25,28). The molecule has 0 aromatic heterocycles. The molecule has 1 aliphatic rings. The van der Waals surface area contributed by atoms with Crippen molar-refractivity contribution in [2.45, 2.75) is 24.9 Å². The molecule has 3 rings (SSSR count). The van der Waals surface area contributed by atoms with Gasteiger partial charge in [0.15, 0.2) is 0 Å². The van der Waals surface area contributed by atoms with E-state index in [2.05, 4.69) is 5.32 Å². The number of hydrogen-bond donors (Lipinski definition) is 1. The van der Waals surface area contributed by atoms with Crippen LogP contribution in [0.2, 0.25) is 0 Å². The largest absolute Gasteiger partial charge is 0.417 e. The van der Waals surface area contributed by atoms with Crippen molar-refractivity contribution >= 4 is 21.6 Å². The molecule has 0 saturated carbocycles. The lowest BCUT2D eigenvalue weighted by Gasteiger charge is -2.34. The summed E-state index contributed by atoms with van der Waals surface area (Å²) in [5, 5.41) is 2.85. The van der Waals surface area contributed by atoms with Crippen molar-refractivity contribution in [2.75, 3.05) is 38.0 Å². The first-order chi connectivity index (χ1) is 14.5. The number of aryl methyl sites for hydroxylation is 1. The van der Waals surface area contributed by atoms with Crippen LogP contribution in [-0.4, -0.2) is 56.3 Å². The van der Waals surface area contributed by atoms with E-state index in [1.54, 1.807) is 4.90 Å². The van der Waals surface area contributed by atoms with Crippen molar-refractivity contribution in [1.82, 2.24) is 9.21 Å². The molecule has 0 bridgehead atoms. The van der Waals surface area contributed by atoms with E-state index >= 15 is 0 Å². The number of halogens is 3. The van der Waals surface area contributed by atoms with Crippen LogP contribution in [0.4, 0.5) is 18.9 Å². The minimum atomic E-state index is -4.77. The lowest BCUT2D eigenvalue weighted by molar-refractivity contribution is -0.140. The molecule has 1 amide bonds. The monoisotopic (exact) mass is 455 g/mol. The van der Waals surface area contributed by atoms with Crippen molar-refractivity contribution in [3.8, 4) is 0 Å². The smallest absolute Gasteiger partial charge is 0.325 e. The summed E-state index contributed by atoms with van der Waals surface area (Å²) in [5.74, 6) is -0.229. The van der Waals surface area contributed by atoms with Crippen LogP contribution in [0.1, 0.15) is 16.7 Å². The highest BCUT2D eigenvalue weighted by atomic mass is 32.2. The molecule has 0 radical (unpaired) electrons. The fourth-order valence-corrected chi connectivity index (χ4v) is 5.11. The SMILES string of the molecule is Cc1cccc(NC(=O)CN2CCN(S(=O)(=O)c3ccccc3C(F)(F)F)CC2)c1C. The summed E-state index contributed by atoms with van der Waals surface area (Å²) in [6.07, 6.45) is -4.77. The summed E-state index contributed by atoms with van der Waals surface area (Å²) in [6.45, 7) is 4.42. The molecule has 31 heavy (non-hydrogen) atoms. The highest BCUT2D eigenvalue weighted by Crippen LogP contribution is 2.35. The molecule has 1 fully saturated rings. The molecule has 1 heterocycles. The average molecular weight is 456 g/mol. The first-order valence-corrected chi connectivity index (χ1v) is 11.2. The number of amides is 1. The molecule has 0 atom stereocenters. The number of benzene rings is 2. The molecule has 1 N–H and O–H groups in total. The molecule has 0 aliphatic carbocycles. The number of anilines is 1. The van der Waals surface area contributed by atoms with E-state index in [-0.39, 0.29) is 38.6 Å². The van der Waals surface area contributed by atoms with Gasteiger partial charge in [-0.1, -0.05) is 24.3 Å². The minimum absolute atomic E-state index is 0.00524. The molecule has 10 heteroatoms. The van der Waals surface area contributed by atoms with E-state index in [0.29, 0.717) is 0 Å². The van der Waals surface area contributed by atoms with E-state index in [4.69, 9.17) is 0 Å². The van der Waals surface area contributed by atoms with Crippen LogP contribution in [-0.2, 0) is 21.0 Å². The van der Waals surface area contributed by atoms with Gasteiger partial charge in [-0.15, -0.1) is 0 Å². The maximum absolute atomic E-state index is 13.2. The van der Waals surface area contributed by atoms with Gasteiger partial charge in [0.05, 0.1) is 17.0 Å². The molecular weight excluding hydrogens is 431 g/mol. The Morgan fingerprint density at radius 1 is 1.00 bits per heavy atom. The van der Waals surface area contributed by atoms with Gasteiger partial charge in [-0.05, 0) is 43.2 Å². The van der Waals surface area contributed by atoms with E-state index in [1.807, 2.05) is 32.0 Å². The maximum atomic E-state index is 13.2. The zero-order chi connectivity index (χ0) is 22.8. The summed E-state index contributed by atoms with van der Waals surface area (Å²) < 4.78 is 66.4. The summed E-state index contributed by atoms with van der Waals surface area (Å²) in [5.41, 5.74) is 1.56. The molecule has 168 valence electrons. The van der Waals surface area contributed by atoms with E-state index in [9.17, 15) is 26.4 Å². The number of sulfonamides is 1. The van der Waals surface area contributed by atoms with Crippen molar-refractivity contribution < 1.29 is 26.4 Å². The molecule has 2 aromatic rings. The summed E-state index contributed by atoms with van der Waals surface area (Å²) in [4.78, 5) is 13.4. The van der Waals surface area contributed by atoms with Crippen LogP contribution in [0.25, 0.3) is 0 Å². The number of hydrogen-bond acceptors (Lipinski definition) is 4. The highest BCUT2D eigenvalue weighted by molar-refractivity contribution is 7.89. The van der Waals surface area contributed by atoms with Crippen LogP contribution in [0.3, 0.4) is 0 Å². The number of nitrogens with zero attached hydrogens (tertiary/aromatic N) is 2. The van der Waals surface area contributed by atoms with Gasteiger partial charge in [-0.2, -0.15) is 17.5 Å². The predicted molar refractivity (Wildman–Crippen MR) is 111 cm³/mol. The summed E-state index contributed by atoms with van der Waals surface area (Å²) in [6, 6.07) is 9.78. The van der Waals surface area contributed by atoms with E-state index in [1.165, 1.54) is 6.07 Å². The van der Waals surface area contributed by atoms with Gasteiger partial charge in [0, 0.05) is 31.9 Å². The molecule has 1 aliphatic heterocycles. The first kappa shape index (κ1) is 23.2. The van der Waals surface area contributed by atoms with Crippen molar-refractivity contribution in [2.24, 2.45) is 0 Å². The second-order valence-corrected chi connectivity index (χ2v) is 9.38. The Bertz CT molecular complexity index is 1060. The zero-order valence-corrected chi connectivity index (χ0v) is 18.1. The molecular formula is C21H24F3N3O3S. The Morgan fingerprint density at radius 3 is 2.29 bits per heavy atom. The van der Waals surface area contributed by atoms with Crippen LogP contribution in [0.5, 0.6) is 0 Å². The average Bonchev–Trinajstić information content (AvgIpc) is 2.71. The molecule has 0 unspecified atom stereocenters. The van der Waals surface area contributed by atoms with Gasteiger partial charge >= 0.3 is 6.18 Å². The Labute approximate surface area is 179 Å². The number of carbonyl (C=O) groups excluding carboxylic acids is 1. The number of piperazine rings is 1. The van der Waals surface area contributed by atoms with Gasteiger partial charge in [0.2, 0.25) is 15.9 Å². The van der Waals surface area contributed by atoms with E-state index in [0.717, 1.165) is 39.3 Å². The number of alkyl halides is 3. The highest BCUT2D eigenvalue weighted by Gasteiger charge is 2.39. The lowest BCUT2D eigenvalue weighted by Crippen LogP contribution is -2.50. The summed E-state index contributed by atoms with van der Waals surface area (Å²) in [7, 11) is -4.30. The van der Waals surface area contributed by atoms with E-state index < -0.39 is 26.7 Å². The topological polar surface area (TPSA) is 69.7 Å². The van der Waals surface area contributed by atoms with Gasteiger partial charge in [-0.3, -0.25) is 9.69 Å². The second-order valence-electron chi connectivity index (χ2n) is 7.47. The Morgan fingerprint density at radius 2 is 1.65 bits per heavy atom. The van der Waals surface area contributed by atoms with Crippen molar-refractivity contribution in [3.05, 3.63) is 59.2 Å². The number of nitrogens with one attached hydrogen (secondary N) is 1. The third kappa shape index (κ3) is 5.25. The number of rotatable bonds is 5. The third-order valence-corrected chi connectivity index (χ3v) is 7.34. The number of carbonyl (C=O) groups is 1. The van der Waals surface area contributed by atoms with Crippen LogP contribution in [0.15, 0.2) is 47.4 Å². The maximum Gasteiger partial charge on any atom is 0.417 e. The molecule has 6 nitrogen and oxygen atoms in total.